The Hall–Kier alpha value is -0.860. The van der Waals surface area contributed by atoms with Crippen molar-refractivity contribution in [3.05, 3.63) is 0 Å². The normalized spacial score (nSPS) is 33.8. The second kappa shape index (κ2) is 2.40. The molecule has 0 N–H and O–H groups in total. The van der Waals surface area contributed by atoms with Crippen LogP contribution in [0.5, 0.6) is 0 Å². The number of ether oxygens (including phenoxy) is 1. The van der Waals surface area contributed by atoms with Gasteiger partial charge in [-0.1, -0.05) is 6.92 Å². The first-order chi connectivity index (χ1) is 4.61. The third-order valence-corrected chi connectivity index (χ3v) is 1.66. The molecule has 3 nitrogen and oxygen atoms in total. The highest BCUT2D eigenvalue weighted by molar-refractivity contribution is 5.92. The van der Waals surface area contributed by atoms with E-state index in [1.54, 1.807) is 13.8 Å². The van der Waals surface area contributed by atoms with Crippen LogP contribution in [0.4, 0.5) is 0 Å². The number of rotatable bonds is 0. The first-order valence-electron chi connectivity index (χ1n) is 3.34. The van der Waals surface area contributed by atoms with Crippen molar-refractivity contribution in [3.63, 3.8) is 0 Å². The molecule has 1 heterocycles. The average molecular weight is 142 g/mol. The molecule has 0 saturated carbocycles. The minimum absolute atomic E-state index is 0.0205. The molecule has 0 amide bonds. The highest BCUT2D eigenvalue weighted by Crippen LogP contribution is 2.15. The van der Waals surface area contributed by atoms with E-state index < -0.39 is 6.10 Å². The number of hydrogen-bond donors (Lipinski definition) is 0. The standard InChI is InChI=1S/C7H10O3/c1-4-3-6(8)5(2)10-7(4)9/h4-5H,3H2,1-2H3/t4?,5-/m0/s1. The second-order valence-corrected chi connectivity index (χ2v) is 2.65. The van der Waals surface area contributed by atoms with Crippen molar-refractivity contribution in [2.45, 2.75) is 26.4 Å². The summed E-state index contributed by atoms with van der Waals surface area (Å²) in [6.07, 6.45) is -0.191. The van der Waals surface area contributed by atoms with Gasteiger partial charge in [0.1, 0.15) is 0 Å². The fourth-order valence-corrected chi connectivity index (χ4v) is 0.907. The van der Waals surface area contributed by atoms with E-state index in [0.717, 1.165) is 0 Å². The van der Waals surface area contributed by atoms with Crippen LogP contribution in [-0.4, -0.2) is 17.9 Å². The van der Waals surface area contributed by atoms with Gasteiger partial charge in [-0.25, -0.2) is 0 Å². The summed E-state index contributed by atoms with van der Waals surface area (Å²) in [5, 5.41) is 0. The molecule has 0 spiro atoms. The van der Waals surface area contributed by atoms with Crippen molar-refractivity contribution in [1.82, 2.24) is 0 Å². The summed E-state index contributed by atoms with van der Waals surface area (Å²) in [6, 6.07) is 0. The maximum absolute atomic E-state index is 10.9. The monoisotopic (exact) mass is 142 g/mol. The van der Waals surface area contributed by atoms with Gasteiger partial charge >= 0.3 is 5.97 Å². The lowest BCUT2D eigenvalue weighted by Crippen LogP contribution is -2.35. The molecule has 0 radical (unpaired) electrons. The van der Waals surface area contributed by atoms with Crippen LogP contribution in [0.15, 0.2) is 0 Å². The zero-order valence-corrected chi connectivity index (χ0v) is 6.09. The van der Waals surface area contributed by atoms with Crippen LogP contribution in [0.1, 0.15) is 20.3 Å². The molecule has 1 aliphatic heterocycles. The van der Waals surface area contributed by atoms with Crippen LogP contribution in [0.2, 0.25) is 0 Å². The zero-order chi connectivity index (χ0) is 7.72. The van der Waals surface area contributed by atoms with Crippen LogP contribution >= 0.6 is 0 Å². The van der Waals surface area contributed by atoms with E-state index in [-0.39, 0.29) is 17.7 Å². The Balaban J connectivity index is 2.63. The summed E-state index contributed by atoms with van der Waals surface area (Å²) >= 11 is 0. The predicted molar refractivity (Wildman–Crippen MR) is 34.3 cm³/mol. The quantitative estimate of drug-likeness (QED) is 0.463. The van der Waals surface area contributed by atoms with E-state index in [2.05, 4.69) is 0 Å². The minimum Gasteiger partial charge on any atom is -0.454 e. The number of cyclic esters (lactones) is 1. The Morgan fingerprint density at radius 2 is 2.00 bits per heavy atom. The molecule has 1 rings (SSSR count). The van der Waals surface area contributed by atoms with Crippen LogP contribution < -0.4 is 0 Å². The summed E-state index contributed by atoms with van der Waals surface area (Å²) in [5.41, 5.74) is 0. The molecule has 0 aromatic carbocycles. The Morgan fingerprint density at radius 3 is 2.50 bits per heavy atom. The molecule has 3 heteroatoms. The molecular formula is C7H10O3. The lowest BCUT2D eigenvalue weighted by molar-refractivity contribution is -0.164. The molecule has 56 valence electrons. The van der Waals surface area contributed by atoms with Gasteiger partial charge in [-0.15, -0.1) is 0 Å². The summed E-state index contributed by atoms with van der Waals surface area (Å²) in [6.45, 7) is 3.30. The molecule has 0 bridgehead atoms. The number of carbonyl (C=O) groups is 2. The highest BCUT2D eigenvalue weighted by atomic mass is 16.5. The summed E-state index contributed by atoms with van der Waals surface area (Å²) in [7, 11) is 0. The van der Waals surface area contributed by atoms with E-state index in [4.69, 9.17) is 4.74 Å². The highest BCUT2D eigenvalue weighted by Gasteiger charge is 2.30. The number of esters is 1. The summed E-state index contributed by atoms with van der Waals surface area (Å²) in [4.78, 5) is 21.6. The topological polar surface area (TPSA) is 43.4 Å². The second-order valence-electron chi connectivity index (χ2n) is 2.65. The largest absolute Gasteiger partial charge is 0.454 e. The Labute approximate surface area is 59.4 Å². The third kappa shape index (κ3) is 1.17. The minimum atomic E-state index is -0.524. The number of Topliss-reactive ketones (excluding diaryl/α,β-unsaturated/α-hetero) is 1. The lowest BCUT2D eigenvalue weighted by Gasteiger charge is -2.21. The van der Waals surface area contributed by atoms with Crippen molar-refractivity contribution in [2.75, 3.05) is 0 Å². The molecule has 1 fully saturated rings. The van der Waals surface area contributed by atoms with Crippen molar-refractivity contribution in [1.29, 1.82) is 0 Å². The van der Waals surface area contributed by atoms with Gasteiger partial charge in [-0.2, -0.15) is 0 Å². The number of carbonyl (C=O) groups excluding carboxylic acids is 2. The van der Waals surface area contributed by atoms with Crippen molar-refractivity contribution < 1.29 is 14.3 Å². The zero-order valence-electron chi connectivity index (χ0n) is 6.09. The molecule has 1 aliphatic rings. The van der Waals surface area contributed by atoms with Gasteiger partial charge in [0.2, 0.25) is 0 Å². The average Bonchev–Trinajstić information content (AvgIpc) is 1.84. The summed E-state index contributed by atoms with van der Waals surface area (Å²) in [5.74, 6) is -0.483. The fourth-order valence-electron chi connectivity index (χ4n) is 0.907. The lowest BCUT2D eigenvalue weighted by atomic mass is 9.99. The van der Waals surface area contributed by atoms with E-state index in [1.807, 2.05) is 0 Å². The molecule has 0 aromatic rings. The van der Waals surface area contributed by atoms with Gasteiger partial charge in [0.25, 0.3) is 0 Å². The van der Waals surface area contributed by atoms with Crippen LogP contribution in [0, 0.1) is 5.92 Å². The third-order valence-electron chi connectivity index (χ3n) is 1.66. The molecule has 1 unspecified atom stereocenters. The van der Waals surface area contributed by atoms with E-state index in [9.17, 15) is 9.59 Å². The first-order valence-corrected chi connectivity index (χ1v) is 3.34. The first kappa shape index (κ1) is 7.25. The van der Waals surface area contributed by atoms with Crippen molar-refractivity contribution in [2.24, 2.45) is 5.92 Å². The maximum atomic E-state index is 10.9. The summed E-state index contributed by atoms with van der Waals surface area (Å²) < 4.78 is 4.72. The Bertz CT molecular complexity index is 154. The molecular weight excluding hydrogens is 132 g/mol. The Kier molecular flexibility index (Phi) is 1.74. The van der Waals surface area contributed by atoms with Gasteiger partial charge in [0.15, 0.2) is 11.9 Å². The number of hydrogen-bond acceptors (Lipinski definition) is 3. The van der Waals surface area contributed by atoms with Gasteiger partial charge in [0.05, 0.1) is 5.92 Å². The smallest absolute Gasteiger partial charge is 0.309 e. The van der Waals surface area contributed by atoms with Gasteiger partial charge in [-0.05, 0) is 6.92 Å². The Morgan fingerprint density at radius 1 is 1.40 bits per heavy atom. The van der Waals surface area contributed by atoms with E-state index in [0.29, 0.717) is 6.42 Å². The van der Waals surface area contributed by atoms with Crippen LogP contribution in [-0.2, 0) is 14.3 Å². The number of ketones is 1. The van der Waals surface area contributed by atoms with Gasteiger partial charge < -0.3 is 4.74 Å². The SMILES string of the molecule is CC1CC(=O)[C@H](C)OC1=O. The van der Waals surface area contributed by atoms with Crippen LogP contribution in [0.25, 0.3) is 0 Å². The van der Waals surface area contributed by atoms with Gasteiger partial charge in [-0.3, -0.25) is 9.59 Å². The van der Waals surface area contributed by atoms with Crippen molar-refractivity contribution >= 4 is 11.8 Å². The molecule has 2 atom stereocenters. The van der Waals surface area contributed by atoms with E-state index >= 15 is 0 Å². The predicted octanol–water partition coefficient (Wildman–Crippen LogP) is 0.527. The van der Waals surface area contributed by atoms with Crippen LogP contribution in [0.3, 0.4) is 0 Å². The molecule has 0 aromatic heterocycles. The fraction of sp³-hybridized carbons (Fsp3) is 0.714. The maximum Gasteiger partial charge on any atom is 0.309 e. The van der Waals surface area contributed by atoms with E-state index in [1.165, 1.54) is 0 Å². The molecule has 0 aliphatic carbocycles. The van der Waals surface area contributed by atoms with Crippen molar-refractivity contribution in [3.8, 4) is 0 Å². The molecule has 10 heavy (non-hydrogen) atoms. The molecule has 1 saturated heterocycles. The van der Waals surface area contributed by atoms with Gasteiger partial charge in [0, 0.05) is 6.42 Å².